The van der Waals surface area contributed by atoms with E-state index >= 15 is 0 Å². The van der Waals surface area contributed by atoms with Gasteiger partial charge in [0, 0.05) is 25.6 Å². The van der Waals surface area contributed by atoms with Crippen LogP contribution in [0, 0.1) is 5.41 Å². The van der Waals surface area contributed by atoms with Gasteiger partial charge in [-0.2, -0.15) is 0 Å². The minimum atomic E-state index is -0.140. The molecule has 1 rings (SSSR count). The van der Waals surface area contributed by atoms with Crippen LogP contribution in [-0.2, 0) is 6.42 Å². The van der Waals surface area contributed by atoms with Crippen LogP contribution in [0.5, 0.6) is 0 Å². The van der Waals surface area contributed by atoms with Crippen LogP contribution in [0.1, 0.15) is 33.0 Å². The molecule has 0 fully saturated rings. The standard InChI is InChI=1S/C12H21N3O2/c1-4-9-14-10(7-11(17)15-9)13-8-12(2,3)5-6-16/h7,16H,4-6,8H2,1-3H3,(H2,13,14,15,17). The predicted octanol–water partition coefficient (Wildman–Crippen LogP) is 1.15. The van der Waals surface area contributed by atoms with Gasteiger partial charge in [-0.25, -0.2) is 4.98 Å². The number of nitrogens with zero attached hydrogens (tertiary/aromatic N) is 1. The van der Waals surface area contributed by atoms with Crippen molar-refractivity contribution >= 4 is 5.82 Å². The second kappa shape index (κ2) is 5.82. The average Bonchev–Trinajstić information content (AvgIpc) is 2.26. The molecule has 1 aromatic rings. The number of aromatic nitrogens is 2. The summed E-state index contributed by atoms with van der Waals surface area (Å²) in [4.78, 5) is 18.3. The molecule has 0 aliphatic rings. The molecule has 0 radical (unpaired) electrons. The van der Waals surface area contributed by atoms with Gasteiger partial charge in [0.2, 0.25) is 0 Å². The minimum Gasteiger partial charge on any atom is -0.396 e. The van der Waals surface area contributed by atoms with Gasteiger partial charge in [-0.3, -0.25) is 4.79 Å². The predicted molar refractivity (Wildman–Crippen MR) is 68.2 cm³/mol. The number of rotatable bonds is 6. The lowest BCUT2D eigenvalue weighted by atomic mass is 9.90. The first kappa shape index (κ1) is 13.7. The van der Waals surface area contributed by atoms with Crippen LogP contribution >= 0.6 is 0 Å². The summed E-state index contributed by atoms with van der Waals surface area (Å²) in [7, 11) is 0. The first-order chi connectivity index (χ1) is 7.96. The SMILES string of the molecule is CCc1nc(NCC(C)(C)CCO)cc(=O)[nH]1. The molecule has 0 spiro atoms. The Bertz CT molecular complexity index is 412. The van der Waals surface area contributed by atoms with Crippen molar-refractivity contribution in [1.82, 2.24) is 9.97 Å². The van der Waals surface area contributed by atoms with Crippen molar-refractivity contribution in [2.75, 3.05) is 18.5 Å². The molecular weight excluding hydrogens is 218 g/mol. The van der Waals surface area contributed by atoms with E-state index in [2.05, 4.69) is 29.1 Å². The molecule has 0 saturated heterocycles. The van der Waals surface area contributed by atoms with Gasteiger partial charge < -0.3 is 15.4 Å². The highest BCUT2D eigenvalue weighted by Crippen LogP contribution is 2.19. The van der Waals surface area contributed by atoms with E-state index in [1.807, 2.05) is 6.92 Å². The lowest BCUT2D eigenvalue weighted by Gasteiger charge is -2.24. The maximum atomic E-state index is 11.3. The second-order valence-corrected chi connectivity index (χ2v) is 4.92. The Labute approximate surface area is 101 Å². The zero-order valence-corrected chi connectivity index (χ0v) is 10.7. The van der Waals surface area contributed by atoms with Gasteiger partial charge in [0.15, 0.2) is 0 Å². The van der Waals surface area contributed by atoms with Crippen molar-refractivity contribution in [1.29, 1.82) is 0 Å². The number of hydrogen-bond donors (Lipinski definition) is 3. The van der Waals surface area contributed by atoms with E-state index in [0.29, 0.717) is 31.0 Å². The number of hydrogen-bond acceptors (Lipinski definition) is 4. The summed E-state index contributed by atoms with van der Waals surface area (Å²) >= 11 is 0. The molecule has 0 atom stereocenters. The van der Waals surface area contributed by atoms with E-state index in [4.69, 9.17) is 5.11 Å². The Morgan fingerprint density at radius 2 is 2.24 bits per heavy atom. The quantitative estimate of drug-likeness (QED) is 0.696. The van der Waals surface area contributed by atoms with Crippen molar-refractivity contribution in [3.8, 4) is 0 Å². The molecule has 0 aliphatic heterocycles. The third kappa shape index (κ3) is 4.56. The normalized spacial score (nSPS) is 11.5. The van der Waals surface area contributed by atoms with Crippen LogP contribution < -0.4 is 10.9 Å². The summed E-state index contributed by atoms with van der Waals surface area (Å²) in [6.07, 6.45) is 1.41. The van der Waals surface area contributed by atoms with Gasteiger partial charge in [-0.1, -0.05) is 20.8 Å². The molecule has 3 N–H and O–H groups in total. The summed E-state index contributed by atoms with van der Waals surface area (Å²) in [5.41, 5.74) is -0.162. The largest absolute Gasteiger partial charge is 0.396 e. The first-order valence-corrected chi connectivity index (χ1v) is 5.92. The van der Waals surface area contributed by atoms with Gasteiger partial charge in [0.1, 0.15) is 11.6 Å². The molecule has 5 heteroatoms. The van der Waals surface area contributed by atoms with Gasteiger partial charge in [0.05, 0.1) is 0 Å². The van der Waals surface area contributed by atoms with Crippen molar-refractivity contribution in [2.45, 2.75) is 33.6 Å². The van der Waals surface area contributed by atoms with E-state index in [0.717, 1.165) is 0 Å². The number of aryl methyl sites for hydroxylation is 1. The van der Waals surface area contributed by atoms with E-state index in [1.165, 1.54) is 6.07 Å². The zero-order chi connectivity index (χ0) is 12.9. The van der Waals surface area contributed by atoms with Gasteiger partial charge >= 0.3 is 0 Å². The van der Waals surface area contributed by atoms with E-state index in [1.54, 1.807) is 0 Å². The molecule has 5 nitrogen and oxygen atoms in total. The highest BCUT2D eigenvalue weighted by Gasteiger charge is 2.17. The molecule has 17 heavy (non-hydrogen) atoms. The van der Waals surface area contributed by atoms with Crippen molar-refractivity contribution in [3.05, 3.63) is 22.2 Å². The van der Waals surface area contributed by atoms with Crippen LogP contribution in [0.25, 0.3) is 0 Å². The molecular formula is C12H21N3O2. The summed E-state index contributed by atoms with van der Waals surface area (Å²) in [6, 6.07) is 1.45. The van der Waals surface area contributed by atoms with Crippen molar-refractivity contribution in [2.24, 2.45) is 5.41 Å². The molecule has 0 amide bonds. The highest BCUT2D eigenvalue weighted by molar-refractivity contribution is 5.33. The fourth-order valence-electron chi connectivity index (χ4n) is 1.49. The Kier molecular flexibility index (Phi) is 4.69. The molecule has 96 valence electrons. The Balaban J connectivity index is 2.69. The van der Waals surface area contributed by atoms with Crippen LogP contribution in [0.2, 0.25) is 0 Å². The van der Waals surface area contributed by atoms with Crippen LogP contribution in [0.4, 0.5) is 5.82 Å². The third-order valence-electron chi connectivity index (χ3n) is 2.66. The van der Waals surface area contributed by atoms with E-state index in [-0.39, 0.29) is 17.6 Å². The number of aliphatic hydroxyl groups is 1. The minimum absolute atomic E-state index is 0.0224. The topological polar surface area (TPSA) is 78.0 Å². The maximum Gasteiger partial charge on any atom is 0.252 e. The lowest BCUT2D eigenvalue weighted by Crippen LogP contribution is -2.25. The number of H-pyrrole nitrogens is 1. The van der Waals surface area contributed by atoms with Gasteiger partial charge in [0.25, 0.3) is 5.56 Å². The smallest absolute Gasteiger partial charge is 0.252 e. The number of nitrogens with one attached hydrogen (secondary N) is 2. The summed E-state index contributed by atoms with van der Waals surface area (Å²) < 4.78 is 0. The van der Waals surface area contributed by atoms with Crippen LogP contribution in [0.3, 0.4) is 0 Å². The molecule has 1 aromatic heterocycles. The summed E-state index contributed by atoms with van der Waals surface area (Å²) in [6.45, 7) is 6.90. The van der Waals surface area contributed by atoms with Gasteiger partial charge in [-0.15, -0.1) is 0 Å². The van der Waals surface area contributed by atoms with E-state index in [9.17, 15) is 4.79 Å². The third-order valence-corrected chi connectivity index (χ3v) is 2.66. The first-order valence-electron chi connectivity index (χ1n) is 5.92. The van der Waals surface area contributed by atoms with Crippen LogP contribution in [0.15, 0.2) is 10.9 Å². The molecule has 0 saturated carbocycles. The number of anilines is 1. The summed E-state index contributed by atoms with van der Waals surface area (Å²) in [5, 5.41) is 12.1. The Hall–Kier alpha value is -1.36. The molecule has 0 aromatic carbocycles. The van der Waals surface area contributed by atoms with Gasteiger partial charge in [-0.05, 0) is 11.8 Å². The summed E-state index contributed by atoms with van der Waals surface area (Å²) in [5.74, 6) is 1.27. The fourth-order valence-corrected chi connectivity index (χ4v) is 1.49. The molecule has 1 heterocycles. The lowest BCUT2D eigenvalue weighted by molar-refractivity contribution is 0.220. The number of aromatic amines is 1. The highest BCUT2D eigenvalue weighted by atomic mass is 16.3. The van der Waals surface area contributed by atoms with E-state index < -0.39 is 0 Å². The zero-order valence-electron chi connectivity index (χ0n) is 10.7. The monoisotopic (exact) mass is 239 g/mol. The van der Waals surface area contributed by atoms with Crippen molar-refractivity contribution < 1.29 is 5.11 Å². The van der Waals surface area contributed by atoms with Crippen molar-refractivity contribution in [3.63, 3.8) is 0 Å². The Morgan fingerprint density at radius 1 is 1.53 bits per heavy atom. The van der Waals surface area contributed by atoms with Crippen LogP contribution in [-0.4, -0.2) is 28.2 Å². The fraction of sp³-hybridized carbons (Fsp3) is 0.667. The molecule has 0 aliphatic carbocycles. The average molecular weight is 239 g/mol. The molecule has 0 unspecified atom stereocenters. The maximum absolute atomic E-state index is 11.3. The number of aliphatic hydroxyl groups excluding tert-OH is 1. The Morgan fingerprint density at radius 3 is 2.82 bits per heavy atom. The molecule has 0 bridgehead atoms. The second-order valence-electron chi connectivity index (χ2n) is 4.92.